The van der Waals surface area contributed by atoms with Gasteiger partial charge >= 0.3 is 0 Å². The summed E-state index contributed by atoms with van der Waals surface area (Å²) in [6, 6.07) is 32.2. The van der Waals surface area contributed by atoms with Crippen LogP contribution in [-0.2, 0) is 13.2 Å². The molecule has 190 valence electrons. The molecule has 38 heavy (non-hydrogen) atoms. The number of carbonyl (C=O) groups excluding carboxylic acids is 2. The minimum atomic E-state index is -0.269. The number of hydrogen-bond donors (Lipinski definition) is 2. The monoisotopic (exact) mass is 522 g/mol. The van der Waals surface area contributed by atoms with Crippen LogP contribution in [0.1, 0.15) is 31.2 Å². The number of thiophene rings is 1. The first kappa shape index (κ1) is 25.0. The number of carbonyl (C=O) groups is 2. The molecule has 5 rings (SSSR count). The fourth-order valence-corrected chi connectivity index (χ4v) is 5.16. The number of anilines is 1. The van der Waals surface area contributed by atoms with Crippen LogP contribution in [0.4, 0.5) is 5.69 Å². The van der Waals surface area contributed by atoms with Gasteiger partial charge in [0.25, 0.3) is 11.8 Å². The van der Waals surface area contributed by atoms with Gasteiger partial charge in [-0.3, -0.25) is 9.59 Å². The lowest BCUT2D eigenvalue weighted by atomic mass is 10.1. The van der Waals surface area contributed by atoms with Gasteiger partial charge in [0.2, 0.25) is 0 Å². The molecule has 0 aliphatic carbocycles. The molecule has 0 fully saturated rings. The first-order chi connectivity index (χ1) is 18.6. The van der Waals surface area contributed by atoms with Crippen LogP contribution in [0.2, 0.25) is 0 Å². The maximum absolute atomic E-state index is 13.3. The molecule has 0 saturated heterocycles. The highest BCUT2D eigenvalue weighted by Crippen LogP contribution is 2.38. The van der Waals surface area contributed by atoms with E-state index in [0.29, 0.717) is 40.8 Å². The molecule has 5 aromatic rings. The summed E-state index contributed by atoms with van der Waals surface area (Å²) in [6.45, 7) is 0.666. The first-order valence-electron chi connectivity index (χ1n) is 12.1. The van der Waals surface area contributed by atoms with E-state index in [9.17, 15) is 9.59 Å². The average molecular weight is 523 g/mol. The number of para-hydroxylation sites is 1. The predicted octanol–water partition coefficient (Wildman–Crippen LogP) is 6.67. The molecule has 1 heterocycles. The van der Waals surface area contributed by atoms with E-state index in [0.717, 1.165) is 21.2 Å². The highest BCUT2D eigenvalue weighted by molar-refractivity contribution is 7.21. The lowest BCUT2D eigenvalue weighted by Gasteiger charge is -2.11. The van der Waals surface area contributed by atoms with Crippen LogP contribution in [0.3, 0.4) is 0 Å². The number of ether oxygens (including phenoxy) is 2. The normalized spacial score (nSPS) is 10.7. The minimum Gasteiger partial charge on any atom is -0.496 e. The highest BCUT2D eigenvalue weighted by atomic mass is 32.1. The predicted molar refractivity (Wildman–Crippen MR) is 151 cm³/mol. The minimum absolute atomic E-state index is 0.210. The van der Waals surface area contributed by atoms with Crippen LogP contribution in [0.15, 0.2) is 103 Å². The van der Waals surface area contributed by atoms with Crippen molar-refractivity contribution in [1.82, 2.24) is 5.32 Å². The summed E-state index contributed by atoms with van der Waals surface area (Å²) in [5.41, 5.74) is 2.95. The van der Waals surface area contributed by atoms with Crippen LogP contribution in [-0.4, -0.2) is 18.9 Å². The van der Waals surface area contributed by atoms with Crippen molar-refractivity contribution in [2.45, 2.75) is 13.2 Å². The lowest BCUT2D eigenvalue weighted by molar-refractivity contribution is 0.0950. The summed E-state index contributed by atoms with van der Waals surface area (Å²) in [6.07, 6.45) is 0. The molecule has 0 unspecified atom stereocenters. The fraction of sp³-hybridized carbons (Fsp3) is 0.0968. The zero-order valence-electron chi connectivity index (χ0n) is 20.8. The van der Waals surface area contributed by atoms with Crippen molar-refractivity contribution in [3.8, 4) is 11.5 Å². The standard InChI is InChI=1S/C31H26N2O4S/c1-36-26-16-7-5-14-24(26)30(34)33-23-13-9-12-22(18-23)19-32-31(35)29-28(25-15-6-8-17-27(25)38-29)37-20-21-10-3-2-4-11-21/h2-18H,19-20H2,1H3,(H,32,35)(H,33,34). The van der Waals surface area contributed by atoms with Gasteiger partial charge in [0.15, 0.2) is 5.75 Å². The van der Waals surface area contributed by atoms with Gasteiger partial charge in [0, 0.05) is 22.3 Å². The third-order valence-electron chi connectivity index (χ3n) is 5.97. The third-order valence-corrected chi connectivity index (χ3v) is 7.12. The van der Waals surface area contributed by atoms with Crippen molar-refractivity contribution in [3.05, 3.63) is 125 Å². The summed E-state index contributed by atoms with van der Waals surface area (Å²) >= 11 is 1.41. The molecular formula is C31H26N2O4S. The quantitative estimate of drug-likeness (QED) is 0.227. The first-order valence-corrected chi connectivity index (χ1v) is 12.9. The van der Waals surface area contributed by atoms with E-state index in [1.165, 1.54) is 18.4 Å². The fourth-order valence-electron chi connectivity index (χ4n) is 4.10. The maximum Gasteiger partial charge on any atom is 0.265 e. The van der Waals surface area contributed by atoms with E-state index in [1.54, 1.807) is 24.3 Å². The zero-order chi connectivity index (χ0) is 26.3. The number of amides is 2. The van der Waals surface area contributed by atoms with Crippen molar-refractivity contribution in [1.29, 1.82) is 0 Å². The molecule has 0 aliphatic rings. The van der Waals surface area contributed by atoms with Gasteiger partial charge in [-0.25, -0.2) is 0 Å². The van der Waals surface area contributed by atoms with E-state index in [2.05, 4.69) is 10.6 Å². The van der Waals surface area contributed by atoms with E-state index >= 15 is 0 Å². The largest absolute Gasteiger partial charge is 0.496 e. The number of fused-ring (bicyclic) bond motifs is 1. The van der Waals surface area contributed by atoms with Crippen LogP contribution in [0, 0.1) is 0 Å². The highest BCUT2D eigenvalue weighted by Gasteiger charge is 2.20. The smallest absolute Gasteiger partial charge is 0.265 e. The molecule has 0 bridgehead atoms. The Morgan fingerprint density at radius 2 is 1.53 bits per heavy atom. The number of methoxy groups -OCH3 is 1. The Labute approximate surface area is 224 Å². The van der Waals surface area contributed by atoms with Crippen molar-refractivity contribution in [2.75, 3.05) is 12.4 Å². The van der Waals surface area contributed by atoms with E-state index in [4.69, 9.17) is 9.47 Å². The van der Waals surface area contributed by atoms with Crippen LogP contribution in [0.25, 0.3) is 10.1 Å². The number of benzene rings is 4. The second-order valence-electron chi connectivity index (χ2n) is 8.57. The van der Waals surface area contributed by atoms with Crippen LogP contribution in [0.5, 0.6) is 11.5 Å². The summed E-state index contributed by atoms with van der Waals surface area (Å²) < 4.78 is 12.4. The van der Waals surface area contributed by atoms with Crippen LogP contribution >= 0.6 is 11.3 Å². The topological polar surface area (TPSA) is 76.7 Å². The number of hydrogen-bond acceptors (Lipinski definition) is 5. The average Bonchev–Trinajstić information content (AvgIpc) is 3.34. The van der Waals surface area contributed by atoms with Crippen molar-refractivity contribution < 1.29 is 19.1 Å². The Hall–Kier alpha value is -4.62. The Balaban J connectivity index is 1.29. The molecule has 0 saturated carbocycles. The summed E-state index contributed by atoms with van der Waals surface area (Å²) in [4.78, 5) is 26.6. The maximum atomic E-state index is 13.3. The summed E-state index contributed by atoms with van der Waals surface area (Å²) in [7, 11) is 1.53. The van der Waals surface area contributed by atoms with Gasteiger partial charge < -0.3 is 20.1 Å². The van der Waals surface area contributed by atoms with E-state index in [1.807, 2.05) is 78.9 Å². The van der Waals surface area contributed by atoms with Gasteiger partial charge in [0.05, 0.1) is 12.7 Å². The second-order valence-corrected chi connectivity index (χ2v) is 9.62. The summed E-state index contributed by atoms with van der Waals surface area (Å²) in [5, 5.41) is 6.82. The number of nitrogens with one attached hydrogen (secondary N) is 2. The lowest BCUT2D eigenvalue weighted by Crippen LogP contribution is -2.22. The Kier molecular flexibility index (Phi) is 7.66. The molecule has 0 aliphatic heterocycles. The molecule has 0 radical (unpaired) electrons. The van der Waals surface area contributed by atoms with E-state index in [-0.39, 0.29) is 11.8 Å². The zero-order valence-corrected chi connectivity index (χ0v) is 21.6. The molecule has 2 amide bonds. The van der Waals surface area contributed by atoms with Crippen molar-refractivity contribution in [3.63, 3.8) is 0 Å². The molecule has 2 N–H and O–H groups in total. The molecule has 7 heteroatoms. The van der Waals surface area contributed by atoms with Gasteiger partial charge in [-0.05, 0) is 47.5 Å². The Morgan fingerprint density at radius 3 is 2.37 bits per heavy atom. The molecule has 0 spiro atoms. The molecule has 6 nitrogen and oxygen atoms in total. The van der Waals surface area contributed by atoms with Gasteiger partial charge in [-0.1, -0.05) is 66.7 Å². The van der Waals surface area contributed by atoms with Gasteiger partial charge in [-0.2, -0.15) is 0 Å². The Morgan fingerprint density at radius 1 is 0.789 bits per heavy atom. The molecular weight excluding hydrogens is 496 g/mol. The third kappa shape index (κ3) is 5.68. The number of rotatable bonds is 9. The molecule has 1 aromatic heterocycles. The van der Waals surface area contributed by atoms with Crippen LogP contribution < -0.4 is 20.1 Å². The van der Waals surface area contributed by atoms with Crippen molar-refractivity contribution in [2.24, 2.45) is 0 Å². The molecule has 4 aromatic carbocycles. The van der Waals surface area contributed by atoms with Gasteiger partial charge in [-0.15, -0.1) is 11.3 Å². The second kappa shape index (κ2) is 11.6. The SMILES string of the molecule is COc1ccccc1C(=O)Nc1cccc(CNC(=O)c2sc3ccccc3c2OCc2ccccc2)c1. The molecule has 0 atom stereocenters. The van der Waals surface area contributed by atoms with Gasteiger partial charge in [0.1, 0.15) is 17.2 Å². The summed E-state index contributed by atoms with van der Waals surface area (Å²) in [5.74, 6) is 0.610. The Bertz CT molecular complexity index is 1580. The van der Waals surface area contributed by atoms with E-state index < -0.39 is 0 Å². The van der Waals surface area contributed by atoms with Crippen molar-refractivity contribution >= 4 is 38.9 Å².